The van der Waals surface area contributed by atoms with Crippen molar-refractivity contribution in [3.8, 4) is 0 Å². The molecule has 2 N–H and O–H groups in total. The zero-order valence-corrected chi connectivity index (χ0v) is 12.5. The smallest absolute Gasteiger partial charge is 0.311 e. The molecule has 1 heterocycles. The Labute approximate surface area is 125 Å². The third-order valence-electron chi connectivity index (χ3n) is 4.06. The van der Waals surface area contributed by atoms with Crippen LogP contribution >= 0.6 is 0 Å². The van der Waals surface area contributed by atoms with Crippen LogP contribution in [0.4, 0.5) is 5.69 Å². The van der Waals surface area contributed by atoms with E-state index in [0.717, 1.165) is 17.7 Å². The lowest BCUT2D eigenvalue weighted by atomic mass is 9.90. The van der Waals surface area contributed by atoms with Gasteiger partial charge >= 0.3 is 5.97 Å². The van der Waals surface area contributed by atoms with Gasteiger partial charge in [-0.2, -0.15) is 0 Å². The van der Waals surface area contributed by atoms with Gasteiger partial charge in [-0.25, -0.2) is 0 Å². The van der Waals surface area contributed by atoms with E-state index in [2.05, 4.69) is 12.2 Å². The quantitative estimate of drug-likeness (QED) is 0.870. The number of benzene rings is 1. The second-order valence-corrected chi connectivity index (χ2v) is 5.47. The van der Waals surface area contributed by atoms with E-state index in [1.165, 1.54) is 0 Å². The molecule has 0 saturated carbocycles. The van der Waals surface area contributed by atoms with Crippen LogP contribution in [0.15, 0.2) is 24.3 Å². The molecule has 2 rings (SSSR count). The first kappa shape index (κ1) is 15.5. The molecule has 0 bridgehead atoms. The number of carbonyl (C=O) groups is 2. The second kappa shape index (κ2) is 6.72. The van der Waals surface area contributed by atoms with Gasteiger partial charge in [0.1, 0.15) is 0 Å². The molecule has 2 unspecified atom stereocenters. The van der Waals surface area contributed by atoms with Crippen LogP contribution in [0.1, 0.15) is 38.2 Å². The molecule has 5 nitrogen and oxygen atoms in total. The maximum atomic E-state index is 12.4. The summed E-state index contributed by atoms with van der Waals surface area (Å²) in [6.45, 7) is 4.84. The molecule has 21 heavy (non-hydrogen) atoms. The Morgan fingerprint density at radius 1 is 1.43 bits per heavy atom. The Balaban J connectivity index is 2.17. The Hall–Kier alpha value is -1.88. The summed E-state index contributed by atoms with van der Waals surface area (Å²) in [6.07, 6.45) is 1.42. The van der Waals surface area contributed by atoms with Crippen LogP contribution in [0.2, 0.25) is 0 Å². The topological polar surface area (TPSA) is 69.6 Å². The summed E-state index contributed by atoms with van der Waals surface area (Å²) in [6, 6.07) is 7.58. The van der Waals surface area contributed by atoms with Crippen molar-refractivity contribution in [3.63, 3.8) is 0 Å². The van der Waals surface area contributed by atoms with Gasteiger partial charge in [-0.05, 0) is 31.4 Å². The Kier molecular flexibility index (Phi) is 4.96. The SMILES string of the molecule is CCC(C)NCC(=O)N1CCC(C(=O)O)c2ccccc21. The fourth-order valence-corrected chi connectivity index (χ4v) is 2.58. The fraction of sp³-hybridized carbons (Fsp3) is 0.500. The van der Waals surface area contributed by atoms with E-state index in [1.54, 1.807) is 11.0 Å². The predicted octanol–water partition coefficient (Wildman–Crippen LogP) is 1.98. The van der Waals surface area contributed by atoms with Crippen molar-refractivity contribution in [2.24, 2.45) is 0 Å². The molecule has 0 saturated heterocycles. The monoisotopic (exact) mass is 290 g/mol. The highest BCUT2D eigenvalue weighted by atomic mass is 16.4. The second-order valence-electron chi connectivity index (χ2n) is 5.47. The summed E-state index contributed by atoms with van der Waals surface area (Å²) in [5.74, 6) is -1.35. The molecule has 1 amide bonds. The number of carboxylic acids is 1. The zero-order chi connectivity index (χ0) is 15.4. The number of nitrogens with zero attached hydrogens (tertiary/aromatic N) is 1. The molecule has 2 atom stereocenters. The maximum absolute atomic E-state index is 12.4. The summed E-state index contributed by atoms with van der Waals surface area (Å²) >= 11 is 0. The van der Waals surface area contributed by atoms with Crippen molar-refractivity contribution >= 4 is 17.6 Å². The van der Waals surface area contributed by atoms with Gasteiger partial charge in [0.25, 0.3) is 0 Å². The number of carboxylic acid groups (broad SMARTS) is 1. The van der Waals surface area contributed by atoms with Gasteiger partial charge in [0, 0.05) is 18.3 Å². The van der Waals surface area contributed by atoms with Crippen molar-refractivity contribution in [3.05, 3.63) is 29.8 Å². The van der Waals surface area contributed by atoms with Crippen LogP contribution in [-0.4, -0.2) is 36.1 Å². The summed E-state index contributed by atoms with van der Waals surface area (Å²) in [4.78, 5) is 25.4. The molecule has 0 aliphatic carbocycles. The van der Waals surface area contributed by atoms with Crippen LogP contribution < -0.4 is 10.2 Å². The van der Waals surface area contributed by atoms with Gasteiger partial charge in [0.15, 0.2) is 0 Å². The van der Waals surface area contributed by atoms with E-state index in [0.29, 0.717) is 19.0 Å². The van der Waals surface area contributed by atoms with Crippen LogP contribution in [0.25, 0.3) is 0 Å². The molecular weight excluding hydrogens is 268 g/mol. The number of rotatable bonds is 5. The lowest BCUT2D eigenvalue weighted by Gasteiger charge is -2.33. The number of fused-ring (bicyclic) bond motifs is 1. The van der Waals surface area contributed by atoms with E-state index < -0.39 is 11.9 Å². The molecule has 0 fully saturated rings. The first-order valence-corrected chi connectivity index (χ1v) is 7.40. The van der Waals surface area contributed by atoms with Crippen molar-refractivity contribution in [1.82, 2.24) is 5.32 Å². The van der Waals surface area contributed by atoms with Crippen LogP contribution in [-0.2, 0) is 9.59 Å². The average Bonchev–Trinajstić information content (AvgIpc) is 2.50. The summed E-state index contributed by atoms with van der Waals surface area (Å²) in [5, 5.41) is 12.5. The molecule has 0 spiro atoms. The van der Waals surface area contributed by atoms with Crippen LogP contribution in [0.5, 0.6) is 0 Å². The predicted molar refractivity (Wildman–Crippen MR) is 81.5 cm³/mol. The Morgan fingerprint density at radius 2 is 2.14 bits per heavy atom. The van der Waals surface area contributed by atoms with Crippen molar-refractivity contribution < 1.29 is 14.7 Å². The molecule has 1 aliphatic heterocycles. The minimum absolute atomic E-state index is 0.00779. The highest BCUT2D eigenvalue weighted by molar-refractivity contribution is 5.97. The van der Waals surface area contributed by atoms with Crippen LogP contribution in [0.3, 0.4) is 0 Å². The molecule has 1 aliphatic rings. The van der Waals surface area contributed by atoms with E-state index in [-0.39, 0.29) is 12.5 Å². The van der Waals surface area contributed by atoms with Gasteiger partial charge in [0.05, 0.1) is 12.5 Å². The van der Waals surface area contributed by atoms with E-state index in [1.807, 2.05) is 25.1 Å². The normalized spacial score (nSPS) is 19.0. The third kappa shape index (κ3) is 3.42. The van der Waals surface area contributed by atoms with Crippen LogP contribution in [0, 0.1) is 0 Å². The number of anilines is 1. The number of hydrogen-bond acceptors (Lipinski definition) is 3. The third-order valence-corrected chi connectivity index (χ3v) is 4.06. The van der Waals surface area contributed by atoms with Gasteiger partial charge < -0.3 is 15.3 Å². The molecule has 0 radical (unpaired) electrons. The number of amides is 1. The standard InChI is InChI=1S/C16H22N2O3/c1-3-11(2)17-10-15(19)18-9-8-13(16(20)21)12-6-4-5-7-14(12)18/h4-7,11,13,17H,3,8-10H2,1-2H3,(H,20,21). The average molecular weight is 290 g/mol. The lowest BCUT2D eigenvalue weighted by molar-refractivity contribution is -0.139. The van der Waals surface area contributed by atoms with Gasteiger partial charge in [-0.15, -0.1) is 0 Å². The molecule has 114 valence electrons. The highest BCUT2D eigenvalue weighted by Gasteiger charge is 2.32. The first-order chi connectivity index (χ1) is 10.0. The molecule has 1 aromatic carbocycles. The zero-order valence-electron chi connectivity index (χ0n) is 12.5. The first-order valence-electron chi connectivity index (χ1n) is 7.40. The number of hydrogen-bond donors (Lipinski definition) is 2. The Bertz CT molecular complexity index is 530. The van der Waals surface area contributed by atoms with Crippen molar-refractivity contribution in [2.75, 3.05) is 18.0 Å². The van der Waals surface area contributed by atoms with Gasteiger partial charge in [-0.3, -0.25) is 9.59 Å². The largest absolute Gasteiger partial charge is 0.481 e. The lowest BCUT2D eigenvalue weighted by Crippen LogP contribution is -2.44. The van der Waals surface area contributed by atoms with Gasteiger partial charge in [-0.1, -0.05) is 25.1 Å². The minimum atomic E-state index is -0.827. The highest BCUT2D eigenvalue weighted by Crippen LogP contribution is 2.35. The van der Waals surface area contributed by atoms with E-state index >= 15 is 0 Å². The van der Waals surface area contributed by atoms with Crippen molar-refractivity contribution in [1.29, 1.82) is 0 Å². The fourth-order valence-electron chi connectivity index (χ4n) is 2.58. The number of aliphatic carboxylic acids is 1. The Morgan fingerprint density at radius 3 is 2.81 bits per heavy atom. The van der Waals surface area contributed by atoms with E-state index in [4.69, 9.17) is 0 Å². The maximum Gasteiger partial charge on any atom is 0.311 e. The van der Waals surface area contributed by atoms with E-state index in [9.17, 15) is 14.7 Å². The molecule has 5 heteroatoms. The minimum Gasteiger partial charge on any atom is -0.481 e. The van der Waals surface area contributed by atoms with Gasteiger partial charge in [0.2, 0.25) is 5.91 Å². The molecular formula is C16H22N2O3. The van der Waals surface area contributed by atoms with Crippen molar-refractivity contribution in [2.45, 2.75) is 38.6 Å². The summed E-state index contributed by atoms with van der Waals surface area (Å²) in [5.41, 5.74) is 1.46. The number of para-hydroxylation sites is 1. The molecule has 0 aromatic heterocycles. The summed E-state index contributed by atoms with van der Waals surface area (Å²) in [7, 11) is 0. The number of carbonyl (C=O) groups excluding carboxylic acids is 1. The molecule has 1 aromatic rings. The summed E-state index contributed by atoms with van der Waals surface area (Å²) < 4.78 is 0. The number of nitrogens with one attached hydrogen (secondary N) is 1.